The van der Waals surface area contributed by atoms with E-state index in [9.17, 15) is 9.18 Å². The van der Waals surface area contributed by atoms with Gasteiger partial charge >= 0.3 is 0 Å². The first-order valence-electron chi connectivity index (χ1n) is 5.58. The predicted octanol–water partition coefficient (Wildman–Crippen LogP) is 1.17. The number of hydrogen-bond acceptors (Lipinski definition) is 3. The number of rotatable bonds is 3. The van der Waals surface area contributed by atoms with Gasteiger partial charge in [0.25, 0.3) is 5.91 Å². The SMILES string of the molecule is Nc1ccc(C(=O)NCC2CCOC2)c(F)c1. The second kappa shape index (κ2) is 5.14. The van der Waals surface area contributed by atoms with Crippen molar-refractivity contribution in [3.05, 3.63) is 29.6 Å². The number of anilines is 1. The van der Waals surface area contributed by atoms with E-state index >= 15 is 0 Å². The first-order valence-corrected chi connectivity index (χ1v) is 5.58. The summed E-state index contributed by atoms with van der Waals surface area (Å²) in [6.45, 7) is 1.91. The lowest BCUT2D eigenvalue weighted by atomic mass is 10.1. The second-order valence-corrected chi connectivity index (χ2v) is 4.18. The van der Waals surface area contributed by atoms with Gasteiger partial charge in [0, 0.05) is 24.8 Å². The van der Waals surface area contributed by atoms with Crippen molar-refractivity contribution in [3.63, 3.8) is 0 Å². The largest absolute Gasteiger partial charge is 0.399 e. The summed E-state index contributed by atoms with van der Waals surface area (Å²) in [5.41, 5.74) is 5.75. The van der Waals surface area contributed by atoms with Crippen LogP contribution in [0.4, 0.5) is 10.1 Å². The van der Waals surface area contributed by atoms with Crippen molar-refractivity contribution in [2.75, 3.05) is 25.5 Å². The van der Waals surface area contributed by atoms with Crippen molar-refractivity contribution in [3.8, 4) is 0 Å². The molecule has 0 aromatic heterocycles. The van der Waals surface area contributed by atoms with E-state index in [2.05, 4.69) is 5.32 Å². The number of hydrogen-bond donors (Lipinski definition) is 2. The highest BCUT2D eigenvalue weighted by atomic mass is 19.1. The molecule has 2 rings (SSSR count). The number of nitrogens with two attached hydrogens (primary N) is 1. The molecule has 0 aliphatic carbocycles. The van der Waals surface area contributed by atoms with E-state index in [0.717, 1.165) is 19.1 Å². The molecule has 17 heavy (non-hydrogen) atoms. The standard InChI is InChI=1S/C12H15FN2O2/c13-11-5-9(14)1-2-10(11)12(16)15-6-8-3-4-17-7-8/h1-2,5,8H,3-4,6-7,14H2,(H,15,16). The molecule has 1 aliphatic rings. The smallest absolute Gasteiger partial charge is 0.254 e. The fourth-order valence-corrected chi connectivity index (χ4v) is 1.79. The molecule has 1 atom stereocenters. The van der Waals surface area contributed by atoms with Crippen LogP contribution in [0.3, 0.4) is 0 Å². The van der Waals surface area contributed by atoms with Crippen molar-refractivity contribution in [1.82, 2.24) is 5.32 Å². The molecular weight excluding hydrogens is 223 g/mol. The third kappa shape index (κ3) is 2.94. The van der Waals surface area contributed by atoms with E-state index in [0.29, 0.717) is 24.8 Å². The average molecular weight is 238 g/mol. The Bertz CT molecular complexity index is 417. The zero-order valence-corrected chi connectivity index (χ0v) is 9.41. The van der Waals surface area contributed by atoms with Gasteiger partial charge in [0.2, 0.25) is 0 Å². The molecule has 0 spiro atoms. The van der Waals surface area contributed by atoms with Gasteiger partial charge in [-0.15, -0.1) is 0 Å². The molecular formula is C12H15FN2O2. The number of halogens is 1. The summed E-state index contributed by atoms with van der Waals surface area (Å²) in [4.78, 5) is 11.7. The molecule has 1 heterocycles. The van der Waals surface area contributed by atoms with Crippen LogP contribution in [0.1, 0.15) is 16.8 Å². The lowest BCUT2D eigenvalue weighted by Gasteiger charge is -2.10. The van der Waals surface area contributed by atoms with Crippen molar-refractivity contribution in [2.45, 2.75) is 6.42 Å². The quantitative estimate of drug-likeness (QED) is 0.777. The average Bonchev–Trinajstić information content (AvgIpc) is 2.78. The Kier molecular flexibility index (Phi) is 3.58. The molecule has 0 saturated carbocycles. The van der Waals surface area contributed by atoms with Crippen LogP contribution in [0.2, 0.25) is 0 Å². The number of carbonyl (C=O) groups is 1. The van der Waals surface area contributed by atoms with E-state index in [4.69, 9.17) is 10.5 Å². The maximum absolute atomic E-state index is 13.4. The van der Waals surface area contributed by atoms with E-state index < -0.39 is 11.7 Å². The molecule has 1 saturated heterocycles. The molecule has 0 bridgehead atoms. The Labute approximate surface area is 98.9 Å². The normalized spacial score (nSPS) is 19.2. The summed E-state index contributed by atoms with van der Waals surface area (Å²) in [5.74, 6) is -0.671. The van der Waals surface area contributed by atoms with Crippen LogP contribution in [-0.4, -0.2) is 25.7 Å². The number of amides is 1. The van der Waals surface area contributed by atoms with E-state index in [-0.39, 0.29) is 5.56 Å². The van der Waals surface area contributed by atoms with E-state index in [1.54, 1.807) is 0 Å². The minimum absolute atomic E-state index is 0.0260. The fourth-order valence-electron chi connectivity index (χ4n) is 1.79. The van der Waals surface area contributed by atoms with Crippen LogP contribution in [0.25, 0.3) is 0 Å². The number of benzene rings is 1. The number of ether oxygens (including phenoxy) is 1. The maximum atomic E-state index is 13.4. The molecule has 1 amide bonds. The third-order valence-corrected chi connectivity index (χ3v) is 2.81. The summed E-state index contributed by atoms with van der Waals surface area (Å²) in [6, 6.07) is 4.05. The molecule has 3 N–H and O–H groups in total. The summed E-state index contributed by atoms with van der Waals surface area (Å²) < 4.78 is 18.6. The van der Waals surface area contributed by atoms with Crippen LogP contribution in [-0.2, 0) is 4.74 Å². The highest BCUT2D eigenvalue weighted by molar-refractivity contribution is 5.94. The van der Waals surface area contributed by atoms with Crippen LogP contribution in [0, 0.1) is 11.7 Å². The highest BCUT2D eigenvalue weighted by Crippen LogP contribution is 2.13. The van der Waals surface area contributed by atoms with Crippen LogP contribution >= 0.6 is 0 Å². The summed E-state index contributed by atoms with van der Waals surface area (Å²) in [6.07, 6.45) is 0.935. The maximum Gasteiger partial charge on any atom is 0.254 e. The van der Waals surface area contributed by atoms with Crippen molar-refractivity contribution < 1.29 is 13.9 Å². The first kappa shape index (κ1) is 11.9. The van der Waals surface area contributed by atoms with Crippen molar-refractivity contribution >= 4 is 11.6 Å². The lowest BCUT2D eigenvalue weighted by molar-refractivity contribution is 0.0941. The topological polar surface area (TPSA) is 64.4 Å². The summed E-state index contributed by atoms with van der Waals surface area (Å²) >= 11 is 0. The van der Waals surface area contributed by atoms with Gasteiger partial charge in [-0.2, -0.15) is 0 Å². The lowest BCUT2D eigenvalue weighted by Crippen LogP contribution is -2.30. The molecule has 1 fully saturated rings. The Morgan fingerprint density at radius 1 is 1.59 bits per heavy atom. The Hall–Kier alpha value is -1.62. The second-order valence-electron chi connectivity index (χ2n) is 4.18. The molecule has 92 valence electrons. The monoisotopic (exact) mass is 238 g/mol. The molecule has 5 heteroatoms. The van der Waals surface area contributed by atoms with Crippen molar-refractivity contribution in [2.24, 2.45) is 5.92 Å². The minimum Gasteiger partial charge on any atom is -0.399 e. The third-order valence-electron chi connectivity index (χ3n) is 2.81. The molecule has 1 aromatic carbocycles. The zero-order chi connectivity index (χ0) is 12.3. The summed E-state index contributed by atoms with van der Waals surface area (Å²) in [7, 11) is 0. The van der Waals surface area contributed by atoms with Gasteiger partial charge in [-0.1, -0.05) is 0 Å². The molecule has 1 unspecified atom stereocenters. The Morgan fingerprint density at radius 2 is 2.41 bits per heavy atom. The molecule has 1 aromatic rings. The van der Waals surface area contributed by atoms with E-state index in [1.165, 1.54) is 12.1 Å². The van der Waals surface area contributed by atoms with E-state index in [1.807, 2.05) is 0 Å². The Morgan fingerprint density at radius 3 is 3.06 bits per heavy atom. The highest BCUT2D eigenvalue weighted by Gasteiger charge is 2.18. The van der Waals surface area contributed by atoms with Gasteiger partial charge in [0.1, 0.15) is 5.82 Å². The minimum atomic E-state index is -0.592. The first-order chi connectivity index (χ1) is 8.16. The van der Waals surface area contributed by atoms with Gasteiger partial charge < -0.3 is 15.8 Å². The van der Waals surface area contributed by atoms with Gasteiger partial charge in [-0.3, -0.25) is 4.79 Å². The molecule has 4 nitrogen and oxygen atoms in total. The zero-order valence-electron chi connectivity index (χ0n) is 9.41. The van der Waals surface area contributed by atoms with Crippen LogP contribution in [0.15, 0.2) is 18.2 Å². The number of nitrogen functional groups attached to an aromatic ring is 1. The Balaban J connectivity index is 1.94. The van der Waals surface area contributed by atoms with Crippen molar-refractivity contribution in [1.29, 1.82) is 0 Å². The van der Waals surface area contributed by atoms with Gasteiger partial charge in [0.05, 0.1) is 12.2 Å². The molecule has 0 radical (unpaired) electrons. The predicted molar refractivity (Wildman–Crippen MR) is 62.1 cm³/mol. The number of carbonyl (C=O) groups excluding carboxylic acids is 1. The van der Waals surface area contributed by atoms with Crippen LogP contribution < -0.4 is 11.1 Å². The van der Waals surface area contributed by atoms with Gasteiger partial charge in [-0.25, -0.2) is 4.39 Å². The fraction of sp³-hybridized carbons (Fsp3) is 0.417. The van der Waals surface area contributed by atoms with Gasteiger partial charge in [0.15, 0.2) is 0 Å². The molecule has 1 aliphatic heterocycles. The van der Waals surface area contributed by atoms with Gasteiger partial charge in [-0.05, 0) is 24.6 Å². The van der Waals surface area contributed by atoms with Crippen LogP contribution in [0.5, 0.6) is 0 Å². The summed E-state index contributed by atoms with van der Waals surface area (Å²) in [5, 5.41) is 2.70. The number of nitrogens with one attached hydrogen (secondary N) is 1.